The molecule has 2 heterocycles. The van der Waals surface area contributed by atoms with Crippen molar-refractivity contribution in [1.82, 2.24) is 19.8 Å². The van der Waals surface area contributed by atoms with Gasteiger partial charge in [0.2, 0.25) is 17.7 Å². The Hall–Kier alpha value is -3.24. The van der Waals surface area contributed by atoms with E-state index in [0.29, 0.717) is 6.42 Å². The Balaban J connectivity index is 1.62. The second kappa shape index (κ2) is 10.6. The lowest BCUT2D eigenvalue weighted by molar-refractivity contribution is -0.203. The molecule has 4 rings (SSSR count). The van der Waals surface area contributed by atoms with Gasteiger partial charge in [0.05, 0.1) is 19.5 Å². The number of carbonyl (C=O) groups excluding carboxylic acids is 3. The molecule has 0 aliphatic carbocycles. The van der Waals surface area contributed by atoms with Gasteiger partial charge < -0.3 is 14.9 Å². The van der Waals surface area contributed by atoms with Crippen LogP contribution < -0.4 is 0 Å². The van der Waals surface area contributed by atoms with Crippen molar-refractivity contribution >= 4 is 39.6 Å². The second-order valence-corrected chi connectivity index (χ2v) is 9.70. The van der Waals surface area contributed by atoms with Gasteiger partial charge in [-0.2, -0.15) is 0 Å². The first kappa shape index (κ1) is 24.9. The predicted octanol–water partition coefficient (Wildman–Crippen LogP) is 2.11. The monoisotopic (exact) mass is 542 g/mol. The number of hydrogen-bond acceptors (Lipinski definition) is 5. The Kier molecular flexibility index (Phi) is 7.51. The predicted molar refractivity (Wildman–Crippen MR) is 130 cm³/mol. The molecule has 2 aromatic rings. The third-order valence-electron chi connectivity index (χ3n) is 6.30. The zero-order valence-corrected chi connectivity index (χ0v) is 20.9. The van der Waals surface area contributed by atoms with Crippen molar-refractivity contribution < 1.29 is 24.3 Å². The van der Waals surface area contributed by atoms with E-state index < -0.39 is 30.5 Å². The van der Waals surface area contributed by atoms with Crippen molar-refractivity contribution in [3.8, 4) is 0 Å². The SMILES string of the molecule is CN1CC(=O)N2[C@@H](CC(=O)O)C(=O)N(Cc3cccc(Br)c3)C[C@@H]2N1C(=O)CCc1ccccc1. The topological polar surface area (TPSA) is 101 Å². The van der Waals surface area contributed by atoms with Crippen LogP contribution in [-0.2, 0) is 32.1 Å². The minimum Gasteiger partial charge on any atom is -0.481 e. The Labute approximate surface area is 212 Å². The lowest BCUT2D eigenvalue weighted by Crippen LogP contribution is -2.75. The number of likely N-dealkylation sites (N-methyl/N-ethyl adjacent to an activating group) is 1. The van der Waals surface area contributed by atoms with Crippen molar-refractivity contribution in [3.63, 3.8) is 0 Å². The minimum atomic E-state index is -1.18. The first-order chi connectivity index (χ1) is 16.7. The molecule has 2 aromatic carbocycles. The molecule has 35 heavy (non-hydrogen) atoms. The van der Waals surface area contributed by atoms with Gasteiger partial charge >= 0.3 is 5.97 Å². The number of halogens is 1. The van der Waals surface area contributed by atoms with E-state index in [1.54, 1.807) is 17.0 Å². The van der Waals surface area contributed by atoms with Crippen LogP contribution >= 0.6 is 15.9 Å². The van der Waals surface area contributed by atoms with Crippen LogP contribution in [0.15, 0.2) is 59.1 Å². The molecule has 0 radical (unpaired) electrons. The summed E-state index contributed by atoms with van der Waals surface area (Å²) in [5, 5.41) is 12.6. The van der Waals surface area contributed by atoms with Gasteiger partial charge in [-0.05, 0) is 29.7 Å². The number of nitrogens with zero attached hydrogens (tertiary/aromatic N) is 4. The van der Waals surface area contributed by atoms with Crippen molar-refractivity contribution in [2.75, 3.05) is 20.1 Å². The Morgan fingerprint density at radius 3 is 2.46 bits per heavy atom. The summed E-state index contributed by atoms with van der Waals surface area (Å²) in [5.41, 5.74) is 1.87. The smallest absolute Gasteiger partial charge is 0.305 e. The molecule has 2 fully saturated rings. The Bertz CT molecular complexity index is 1130. The van der Waals surface area contributed by atoms with Crippen LogP contribution in [-0.4, -0.2) is 81.0 Å². The normalized spacial score (nSPS) is 20.7. The van der Waals surface area contributed by atoms with Gasteiger partial charge in [0.25, 0.3) is 0 Å². The van der Waals surface area contributed by atoms with E-state index >= 15 is 0 Å². The zero-order valence-electron chi connectivity index (χ0n) is 19.3. The summed E-state index contributed by atoms with van der Waals surface area (Å²) in [6.07, 6.45) is -0.551. The van der Waals surface area contributed by atoms with E-state index in [-0.39, 0.29) is 37.9 Å². The Morgan fingerprint density at radius 1 is 1.06 bits per heavy atom. The van der Waals surface area contributed by atoms with Gasteiger partial charge in [-0.3, -0.25) is 24.2 Å². The van der Waals surface area contributed by atoms with E-state index in [4.69, 9.17) is 0 Å². The summed E-state index contributed by atoms with van der Waals surface area (Å²) in [6.45, 7) is 0.222. The van der Waals surface area contributed by atoms with Crippen LogP contribution in [0.2, 0.25) is 0 Å². The Morgan fingerprint density at radius 2 is 1.77 bits per heavy atom. The highest BCUT2D eigenvalue weighted by Gasteiger charge is 2.50. The van der Waals surface area contributed by atoms with Gasteiger partial charge in [0.15, 0.2) is 0 Å². The quantitative estimate of drug-likeness (QED) is 0.575. The summed E-state index contributed by atoms with van der Waals surface area (Å²) < 4.78 is 0.855. The third-order valence-corrected chi connectivity index (χ3v) is 6.79. The van der Waals surface area contributed by atoms with E-state index in [1.807, 2.05) is 54.6 Å². The lowest BCUT2D eigenvalue weighted by Gasteiger charge is -2.54. The van der Waals surface area contributed by atoms with Crippen molar-refractivity contribution in [2.45, 2.75) is 38.0 Å². The molecule has 9 nitrogen and oxygen atoms in total. The first-order valence-electron chi connectivity index (χ1n) is 11.4. The minimum absolute atomic E-state index is 0.0919. The number of piperazine rings is 1. The molecule has 184 valence electrons. The molecule has 2 atom stereocenters. The van der Waals surface area contributed by atoms with E-state index in [1.165, 1.54) is 9.91 Å². The molecule has 0 spiro atoms. The number of amides is 3. The number of aryl methyl sites for hydroxylation is 1. The summed E-state index contributed by atoms with van der Waals surface area (Å²) in [7, 11) is 1.66. The number of carboxylic acids is 1. The highest BCUT2D eigenvalue weighted by molar-refractivity contribution is 9.10. The molecule has 2 aliphatic heterocycles. The maximum Gasteiger partial charge on any atom is 0.305 e. The van der Waals surface area contributed by atoms with E-state index in [9.17, 15) is 24.3 Å². The number of hydrogen-bond donors (Lipinski definition) is 1. The van der Waals surface area contributed by atoms with Crippen LogP contribution in [0.5, 0.6) is 0 Å². The van der Waals surface area contributed by atoms with Gasteiger partial charge in [-0.1, -0.05) is 58.4 Å². The zero-order chi connectivity index (χ0) is 25.1. The average Bonchev–Trinajstić information content (AvgIpc) is 2.80. The molecule has 0 aromatic heterocycles. The molecule has 0 saturated carbocycles. The molecular weight excluding hydrogens is 516 g/mol. The number of carboxylic acid groups (broad SMARTS) is 1. The van der Waals surface area contributed by atoms with Crippen molar-refractivity contribution in [3.05, 3.63) is 70.2 Å². The van der Waals surface area contributed by atoms with E-state index in [0.717, 1.165) is 15.6 Å². The third kappa shape index (κ3) is 5.54. The van der Waals surface area contributed by atoms with Gasteiger partial charge in [-0.25, -0.2) is 5.01 Å². The second-order valence-electron chi connectivity index (χ2n) is 8.78. The number of rotatable bonds is 7. The molecule has 2 saturated heterocycles. The number of hydrazine groups is 1. The molecule has 2 aliphatic rings. The van der Waals surface area contributed by atoms with Crippen LogP contribution in [0.25, 0.3) is 0 Å². The van der Waals surface area contributed by atoms with Crippen molar-refractivity contribution in [1.29, 1.82) is 0 Å². The maximum absolute atomic E-state index is 13.4. The molecule has 10 heteroatoms. The lowest BCUT2D eigenvalue weighted by atomic mass is 10.0. The summed E-state index contributed by atoms with van der Waals surface area (Å²) in [5.74, 6) is -2.17. The van der Waals surface area contributed by atoms with Crippen LogP contribution in [0, 0.1) is 0 Å². The number of benzene rings is 2. The fourth-order valence-corrected chi connectivity index (χ4v) is 5.19. The van der Waals surface area contributed by atoms with Crippen LogP contribution in [0.3, 0.4) is 0 Å². The molecule has 1 N–H and O–H groups in total. The maximum atomic E-state index is 13.4. The van der Waals surface area contributed by atoms with E-state index in [2.05, 4.69) is 15.9 Å². The fourth-order valence-electron chi connectivity index (χ4n) is 4.75. The largest absolute Gasteiger partial charge is 0.481 e. The van der Waals surface area contributed by atoms with Gasteiger partial charge in [0.1, 0.15) is 12.2 Å². The molecule has 0 unspecified atom stereocenters. The molecule has 3 amide bonds. The summed E-state index contributed by atoms with van der Waals surface area (Å²) in [4.78, 5) is 54.2. The number of fused-ring (bicyclic) bond motifs is 1. The summed E-state index contributed by atoms with van der Waals surface area (Å²) >= 11 is 3.43. The highest BCUT2D eigenvalue weighted by atomic mass is 79.9. The summed E-state index contributed by atoms with van der Waals surface area (Å²) in [6, 6.07) is 15.9. The fraction of sp³-hybridized carbons (Fsp3) is 0.360. The highest BCUT2D eigenvalue weighted by Crippen LogP contribution is 2.29. The average molecular weight is 543 g/mol. The molecular formula is C25H27BrN4O5. The van der Waals surface area contributed by atoms with Crippen molar-refractivity contribution in [2.24, 2.45) is 0 Å². The number of aliphatic carboxylic acids is 1. The van der Waals surface area contributed by atoms with Crippen LogP contribution in [0.1, 0.15) is 24.0 Å². The molecule has 0 bridgehead atoms. The standard InChI is InChI=1S/C25H27BrN4O5/c1-27-16-23(32)29-20(13-24(33)34)25(35)28(14-18-8-5-9-19(26)12-18)15-21(29)30(27)22(31)11-10-17-6-3-2-4-7-17/h2-9,12,20-21H,10-11,13-16H2,1H3,(H,33,34)/t20-,21-/m0/s1. The van der Waals surface area contributed by atoms with Gasteiger partial charge in [0, 0.05) is 24.5 Å². The van der Waals surface area contributed by atoms with Crippen LogP contribution in [0.4, 0.5) is 0 Å². The van der Waals surface area contributed by atoms with Gasteiger partial charge in [-0.15, -0.1) is 0 Å². The first-order valence-corrected chi connectivity index (χ1v) is 12.2. The number of carbonyl (C=O) groups is 4.